The van der Waals surface area contributed by atoms with Crippen LogP contribution in [0.5, 0.6) is 0 Å². The van der Waals surface area contributed by atoms with Crippen LogP contribution in [0.25, 0.3) is 11.1 Å². The van der Waals surface area contributed by atoms with Gasteiger partial charge in [0, 0.05) is 19.8 Å². The molecule has 0 aromatic heterocycles. The molecular weight excluding hydrogens is 266 g/mol. The third-order valence-corrected chi connectivity index (χ3v) is 4.68. The Bertz CT molecular complexity index is 731. The van der Waals surface area contributed by atoms with E-state index in [2.05, 4.69) is 87.4 Å². The van der Waals surface area contributed by atoms with E-state index < -0.39 is 0 Å². The molecule has 2 aromatic carbocycles. The summed E-state index contributed by atoms with van der Waals surface area (Å²) in [7, 11) is 4.16. The Morgan fingerprint density at radius 1 is 0.682 bits per heavy atom. The molecule has 0 aliphatic heterocycles. The summed E-state index contributed by atoms with van der Waals surface area (Å²) >= 11 is 0. The molecular formula is C21H23N. The van der Waals surface area contributed by atoms with Crippen LogP contribution in [0, 0.1) is 0 Å². The monoisotopic (exact) mass is 289 g/mol. The predicted octanol–water partition coefficient (Wildman–Crippen LogP) is 5.40. The van der Waals surface area contributed by atoms with Crippen molar-refractivity contribution in [3.05, 3.63) is 76.9 Å². The average Bonchev–Trinajstić information content (AvgIpc) is 2.84. The van der Waals surface area contributed by atoms with Crippen molar-refractivity contribution in [2.45, 2.75) is 20.3 Å². The smallest absolute Gasteiger partial charge is 0.0361 e. The van der Waals surface area contributed by atoms with Crippen molar-refractivity contribution in [3.8, 4) is 0 Å². The van der Waals surface area contributed by atoms with Gasteiger partial charge >= 0.3 is 0 Å². The molecule has 2 aromatic rings. The largest absolute Gasteiger partial charge is 0.378 e. The van der Waals surface area contributed by atoms with E-state index in [-0.39, 0.29) is 0 Å². The van der Waals surface area contributed by atoms with E-state index in [9.17, 15) is 0 Å². The Morgan fingerprint density at radius 2 is 1.18 bits per heavy atom. The van der Waals surface area contributed by atoms with Crippen molar-refractivity contribution in [2.75, 3.05) is 19.0 Å². The van der Waals surface area contributed by atoms with Gasteiger partial charge in [0.25, 0.3) is 0 Å². The normalized spacial score (nSPS) is 14.7. The minimum Gasteiger partial charge on any atom is -0.378 e. The van der Waals surface area contributed by atoms with Gasteiger partial charge in [-0.1, -0.05) is 42.5 Å². The molecule has 1 aliphatic rings. The van der Waals surface area contributed by atoms with Crippen molar-refractivity contribution >= 4 is 16.8 Å². The lowest BCUT2D eigenvalue weighted by Gasteiger charge is -2.13. The molecule has 22 heavy (non-hydrogen) atoms. The van der Waals surface area contributed by atoms with Crippen molar-refractivity contribution in [1.29, 1.82) is 0 Å². The maximum Gasteiger partial charge on any atom is 0.0361 e. The van der Waals surface area contributed by atoms with Crippen LogP contribution >= 0.6 is 0 Å². The first-order chi connectivity index (χ1) is 10.6. The Balaban J connectivity index is 1.92. The van der Waals surface area contributed by atoms with Crippen molar-refractivity contribution in [1.82, 2.24) is 0 Å². The van der Waals surface area contributed by atoms with Gasteiger partial charge in [-0.2, -0.15) is 0 Å². The van der Waals surface area contributed by atoms with Crippen LogP contribution in [0.15, 0.2) is 65.7 Å². The number of allylic oxidation sites excluding steroid dienone is 4. The molecule has 1 aliphatic carbocycles. The summed E-state index contributed by atoms with van der Waals surface area (Å²) in [6.45, 7) is 4.50. The lowest BCUT2D eigenvalue weighted by Crippen LogP contribution is -2.08. The van der Waals surface area contributed by atoms with Crippen molar-refractivity contribution < 1.29 is 0 Å². The Labute approximate surface area is 133 Å². The van der Waals surface area contributed by atoms with E-state index in [0.717, 1.165) is 6.42 Å². The second-order valence-corrected chi connectivity index (χ2v) is 6.19. The van der Waals surface area contributed by atoms with E-state index in [1.807, 2.05) is 0 Å². The summed E-state index contributed by atoms with van der Waals surface area (Å²) in [5, 5.41) is 0. The lowest BCUT2D eigenvalue weighted by atomic mass is 9.98. The van der Waals surface area contributed by atoms with Crippen LogP contribution in [0.2, 0.25) is 0 Å². The Kier molecular flexibility index (Phi) is 3.89. The maximum absolute atomic E-state index is 2.25. The fourth-order valence-corrected chi connectivity index (χ4v) is 3.13. The Hall–Kier alpha value is -2.28. The number of benzene rings is 2. The zero-order valence-electron chi connectivity index (χ0n) is 13.9. The summed E-state index contributed by atoms with van der Waals surface area (Å²) in [4.78, 5) is 2.14. The van der Waals surface area contributed by atoms with Gasteiger partial charge in [0.2, 0.25) is 0 Å². The SMILES string of the molecule is CC1=C(c2ccccc2)CC(c2ccc(N(C)C)cc2)=C1C. The molecule has 0 atom stereocenters. The molecule has 0 radical (unpaired) electrons. The minimum atomic E-state index is 1.03. The predicted molar refractivity (Wildman–Crippen MR) is 97.0 cm³/mol. The maximum atomic E-state index is 2.25. The quantitative estimate of drug-likeness (QED) is 0.731. The van der Waals surface area contributed by atoms with Gasteiger partial charge in [-0.3, -0.25) is 0 Å². The molecule has 0 saturated heterocycles. The molecule has 0 saturated carbocycles. The molecule has 1 heteroatoms. The van der Waals surface area contributed by atoms with E-state index in [1.54, 1.807) is 0 Å². The standard InChI is InChI=1S/C21H23N/c1-15-16(2)21(14-20(15)17-8-6-5-7-9-17)18-10-12-19(13-11-18)22(3)4/h5-13H,14H2,1-4H3. The van der Waals surface area contributed by atoms with E-state index in [0.29, 0.717) is 0 Å². The van der Waals surface area contributed by atoms with Crippen LogP contribution in [0.1, 0.15) is 31.4 Å². The summed E-state index contributed by atoms with van der Waals surface area (Å²) < 4.78 is 0. The minimum absolute atomic E-state index is 1.03. The molecule has 0 N–H and O–H groups in total. The van der Waals surface area contributed by atoms with Gasteiger partial charge in [0.15, 0.2) is 0 Å². The molecule has 112 valence electrons. The zero-order chi connectivity index (χ0) is 15.7. The highest BCUT2D eigenvalue weighted by atomic mass is 15.1. The first kappa shape index (κ1) is 14.6. The summed E-state index contributed by atoms with van der Waals surface area (Å²) in [5.74, 6) is 0. The number of hydrogen-bond donors (Lipinski definition) is 0. The first-order valence-electron chi connectivity index (χ1n) is 7.81. The van der Waals surface area contributed by atoms with Gasteiger partial charge < -0.3 is 4.90 Å². The van der Waals surface area contributed by atoms with Gasteiger partial charge in [-0.15, -0.1) is 0 Å². The molecule has 0 fully saturated rings. The Morgan fingerprint density at radius 3 is 1.68 bits per heavy atom. The molecule has 0 amide bonds. The van der Waals surface area contributed by atoms with Gasteiger partial charge in [0.1, 0.15) is 0 Å². The number of nitrogens with zero attached hydrogens (tertiary/aromatic N) is 1. The van der Waals surface area contributed by atoms with Crippen LogP contribution < -0.4 is 4.90 Å². The number of rotatable bonds is 3. The van der Waals surface area contributed by atoms with Crippen LogP contribution in [-0.2, 0) is 0 Å². The van der Waals surface area contributed by atoms with Crippen LogP contribution in [0.4, 0.5) is 5.69 Å². The van der Waals surface area contributed by atoms with E-state index in [1.165, 1.54) is 39.1 Å². The summed E-state index contributed by atoms with van der Waals surface area (Å²) in [6, 6.07) is 19.6. The second kappa shape index (κ2) is 5.84. The highest BCUT2D eigenvalue weighted by Gasteiger charge is 2.20. The van der Waals surface area contributed by atoms with Gasteiger partial charge in [0.05, 0.1) is 0 Å². The van der Waals surface area contributed by atoms with Gasteiger partial charge in [-0.25, -0.2) is 0 Å². The van der Waals surface area contributed by atoms with Crippen molar-refractivity contribution in [2.24, 2.45) is 0 Å². The highest BCUT2D eigenvalue weighted by Crippen LogP contribution is 2.42. The topological polar surface area (TPSA) is 3.24 Å². The zero-order valence-corrected chi connectivity index (χ0v) is 13.9. The third-order valence-electron chi connectivity index (χ3n) is 4.68. The third kappa shape index (κ3) is 2.59. The first-order valence-corrected chi connectivity index (χ1v) is 7.81. The highest BCUT2D eigenvalue weighted by molar-refractivity contribution is 5.91. The fraction of sp³-hybridized carbons (Fsp3) is 0.238. The van der Waals surface area contributed by atoms with E-state index in [4.69, 9.17) is 0 Å². The molecule has 0 heterocycles. The second-order valence-electron chi connectivity index (χ2n) is 6.19. The molecule has 0 spiro atoms. The number of hydrogen-bond acceptors (Lipinski definition) is 1. The molecule has 3 rings (SSSR count). The summed E-state index contributed by atoms with van der Waals surface area (Å²) in [6.07, 6.45) is 1.03. The van der Waals surface area contributed by atoms with Crippen LogP contribution in [0.3, 0.4) is 0 Å². The lowest BCUT2D eigenvalue weighted by molar-refractivity contribution is 1.13. The fourth-order valence-electron chi connectivity index (χ4n) is 3.13. The molecule has 1 nitrogen and oxygen atoms in total. The number of anilines is 1. The average molecular weight is 289 g/mol. The van der Waals surface area contributed by atoms with E-state index >= 15 is 0 Å². The molecule has 0 bridgehead atoms. The molecule has 0 unspecified atom stereocenters. The van der Waals surface area contributed by atoms with Gasteiger partial charge in [-0.05, 0) is 65.8 Å². The van der Waals surface area contributed by atoms with Crippen molar-refractivity contribution in [3.63, 3.8) is 0 Å². The summed E-state index contributed by atoms with van der Waals surface area (Å²) in [5.41, 5.74) is 9.71. The van der Waals surface area contributed by atoms with Crippen LogP contribution in [-0.4, -0.2) is 14.1 Å².